The van der Waals surface area contributed by atoms with E-state index >= 15 is 0 Å². The number of carbonyl (C=O) groups excluding carboxylic acids is 1. The zero-order valence-electron chi connectivity index (χ0n) is 13.2. The van der Waals surface area contributed by atoms with Crippen LogP contribution in [0.5, 0.6) is 5.75 Å². The lowest BCUT2D eigenvalue weighted by Crippen LogP contribution is -2.52. The van der Waals surface area contributed by atoms with E-state index in [2.05, 4.69) is 0 Å². The highest BCUT2D eigenvalue weighted by molar-refractivity contribution is 5.85. The Bertz CT molecular complexity index is 410. The summed E-state index contributed by atoms with van der Waals surface area (Å²) < 4.78 is 5.60. The van der Waals surface area contributed by atoms with Crippen LogP contribution in [0.15, 0.2) is 30.3 Å². The molecule has 5 heteroatoms. The van der Waals surface area contributed by atoms with Gasteiger partial charge in [-0.25, -0.2) is 0 Å². The highest BCUT2D eigenvalue weighted by atomic mass is 35.5. The second kappa shape index (κ2) is 9.64. The molecule has 0 fully saturated rings. The van der Waals surface area contributed by atoms with E-state index < -0.39 is 5.54 Å². The number of nitrogens with two attached hydrogens (primary N) is 1. The Balaban J connectivity index is 0.00000400. The molecule has 0 bridgehead atoms. The van der Waals surface area contributed by atoms with Crippen molar-refractivity contribution in [1.82, 2.24) is 4.90 Å². The first-order valence-electron chi connectivity index (χ1n) is 7.19. The van der Waals surface area contributed by atoms with Crippen molar-refractivity contribution in [2.75, 3.05) is 20.2 Å². The van der Waals surface area contributed by atoms with Crippen LogP contribution in [0.2, 0.25) is 0 Å². The van der Waals surface area contributed by atoms with Gasteiger partial charge in [0, 0.05) is 13.6 Å². The Morgan fingerprint density at radius 3 is 2.52 bits per heavy atom. The molecule has 0 saturated carbocycles. The number of para-hydroxylation sites is 1. The van der Waals surface area contributed by atoms with Crippen molar-refractivity contribution in [3.63, 3.8) is 0 Å². The molecule has 0 aliphatic heterocycles. The van der Waals surface area contributed by atoms with Crippen molar-refractivity contribution in [3.05, 3.63) is 30.3 Å². The molecule has 1 amide bonds. The molecule has 0 heterocycles. The number of hydrogen-bond acceptors (Lipinski definition) is 3. The minimum atomic E-state index is -0.760. The summed E-state index contributed by atoms with van der Waals surface area (Å²) in [6, 6.07) is 9.68. The van der Waals surface area contributed by atoms with Gasteiger partial charge in [-0.05, 0) is 31.9 Å². The fourth-order valence-corrected chi connectivity index (χ4v) is 2.17. The lowest BCUT2D eigenvalue weighted by atomic mass is 9.96. The average Bonchev–Trinajstić information content (AvgIpc) is 2.43. The SMILES string of the molecule is CCCC(C)(N)C(=O)N(C)CCCOc1ccccc1.Cl. The monoisotopic (exact) mass is 314 g/mol. The number of hydrogen-bond donors (Lipinski definition) is 1. The van der Waals surface area contributed by atoms with E-state index in [-0.39, 0.29) is 18.3 Å². The van der Waals surface area contributed by atoms with Crippen LogP contribution in [0.4, 0.5) is 0 Å². The summed E-state index contributed by atoms with van der Waals surface area (Å²) in [5.41, 5.74) is 5.28. The van der Waals surface area contributed by atoms with Gasteiger partial charge in [-0.1, -0.05) is 31.5 Å². The molecule has 0 aliphatic rings. The van der Waals surface area contributed by atoms with Gasteiger partial charge in [0.2, 0.25) is 5.91 Å². The standard InChI is InChI=1S/C16H26N2O2.ClH/c1-4-11-16(2,17)15(19)18(3)12-8-13-20-14-9-6-5-7-10-14;/h5-7,9-10H,4,8,11-13,17H2,1-3H3;1H. The summed E-state index contributed by atoms with van der Waals surface area (Å²) in [6.45, 7) is 5.08. The Hall–Kier alpha value is -1.26. The smallest absolute Gasteiger partial charge is 0.242 e. The molecule has 2 N–H and O–H groups in total. The Morgan fingerprint density at radius 2 is 1.95 bits per heavy atom. The van der Waals surface area contributed by atoms with E-state index in [1.165, 1.54) is 0 Å². The van der Waals surface area contributed by atoms with Crippen molar-refractivity contribution in [2.45, 2.75) is 38.6 Å². The average molecular weight is 315 g/mol. The highest BCUT2D eigenvalue weighted by Gasteiger charge is 2.29. The van der Waals surface area contributed by atoms with Gasteiger partial charge in [-0.2, -0.15) is 0 Å². The van der Waals surface area contributed by atoms with Crippen molar-refractivity contribution >= 4 is 18.3 Å². The normalized spacial score (nSPS) is 13.0. The number of nitrogens with zero attached hydrogens (tertiary/aromatic N) is 1. The maximum absolute atomic E-state index is 12.2. The van der Waals surface area contributed by atoms with Crippen LogP contribution in [0.25, 0.3) is 0 Å². The number of carbonyl (C=O) groups is 1. The number of amides is 1. The Morgan fingerprint density at radius 1 is 1.33 bits per heavy atom. The fraction of sp³-hybridized carbons (Fsp3) is 0.562. The van der Waals surface area contributed by atoms with E-state index in [1.54, 1.807) is 18.9 Å². The molecule has 1 unspecified atom stereocenters. The largest absolute Gasteiger partial charge is 0.494 e. The van der Waals surface area contributed by atoms with Gasteiger partial charge in [0.1, 0.15) is 5.75 Å². The summed E-state index contributed by atoms with van der Waals surface area (Å²) >= 11 is 0. The fourth-order valence-electron chi connectivity index (χ4n) is 2.17. The molecular weight excluding hydrogens is 288 g/mol. The van der Waals surface area contributed by atoms with Crippen LogP contribution in [0.1, 0.15) is 33.1 Å². The predicted octanol–water partition coefficient (Wildman–Crippen LogP) is 2.85. The van der Waals surface area contributed by atoms with Crippen molar-refractivity contribution < 1.29 is 9.53 Å². The zero-order chi connectivity index (χ0) is 15.0. The minimum Gasteiger partial charge on any atom is -0.494 e. The highest BCUT2D eigenvalue weighted by Crippen LogP contribution is 2.12. The summed E-state index contributed by atoms with van der Waals surface area (Å²) in [4.78, 5) is 13.9. The van der Waals surface area contributed by atoms with Crippen molar-refractivity contribution in [1.29, 1.82) is 0 Å². The van der Waals surface area contributed by atoms with E-state index in [0.717, 1.165) is 18.6 Å². The summed E-state index contributed by atoms with van der Waals surface area (Å²) in [7, 11) is 1.80. The van der Waals surface area contributed by atoms with Crippen LogP contribution < -0.4 is 10.5 Å². The quantitative estimate of drug-likeness (QED) is 0.751. The molecule has 1 rings (SSSR count). The van der Waals surface area contributed by atoms with Crippen LogP contribution in [0, 0.1) is 0 Å². The molecule has 1 atom stereocenters. The maximum Gasteiger partial charge on any atom is 0.242 e. The summed E-state index contributed by atoms with van der Waals surface area (Å²) in [5, 5.41) is 0. The molecule has 0 saturated heterocycles. The lowest BCUT2D eigenvalue weighted by Gasteiger charge is -2.29. The number of benzene rings is 1. The summed E-state index contributed by atoms with van der Waals surface area (Å²) in [6.07, 6.45) is 2.40. The number of rotatable bonds is 8. The second-order valence-electron chi connectivity index (χ2n) is 5.41. The minimum absolute atomic E-state index is 0. The Labute approximate surface area is 134 Å². The molecule has 0 spiro atoms. The van der Waals surface area contributed by atoms with Crippen LogP contribution >= 0.6 is 12.4 Å². The van der Waals surface area contributed by atoms with Gasteiger partial charge in [-0.3, -0.25) is 4.79 Å². The topological polar surface area (TPSA) is 55.6 Å². The molecule has 0 radical (unpaired) electrons. The molecule has 1 aromatic rings. The Kier molecular flexibility index (Phi) is 9.06. The third-order valence-electron chi connectivity index (χ3n) is 3.25. The van der Waals surface area contributed by atoms with Gasteiger partial charge >= 0.3 is 0 Å². The van der Waals surface area contributed by atoms with E-state index in [9.17, 15) is 4.79 Å². The molecular formula is C16H27ClN2O2. The molecule has 1 aromatic carbocycles. The van der Waals surface area contributed by atoms with Gasteiger partial charge in [0.05, 0.1) is 12.1 Å². The van der Waals surface area contributed by atoms with Crippen LogP contribution in [-0.2, 0) is 4.79 Å². The molecule has 120 valence electrons. The van der Waals surface area contributed by atoms with Crippen molar-refractivity contribution in [2.24, 2.45) is 5.73 Å². The first kappa shape index (κ1) is 19.7. The second-order valence-corrected chi connectivity index (χ2v) is 5.41. The number of halogens is 1. The molecule has 4 nitrogen and oxygen atoms in total. The third-order valence-corrected chi connectivity index (χ3v) is 3.25. The van der Waals surface area contributed by atoms with Gasteiger partial charge in [-0.15, -0.1) is 12.4 Å². The number of ether oxygens (including phenoxy) is 1. The first-order chi connectivity index (χ1) is 9.47. The van der Waals surface area contributed by atoms with Gasteiger partial charge in [0.15, 0.2) is 0 Å². The third kappa shape index (κ3) is 6.82. The van der Waals surface area contributed by atoms with E-state index in [0.29, 0.717) is 19.6 Å². The van der Waals surface area contributed by atoms with E-state index in [1.807, 2.05) is 37.3 Å². The lowest BCUT2D eigenvalue weighted by molar-refractivity contribution is -0.135. The zero-order valence-corrected chi connectivity index (χ0v) is 14.0. The number of likely N-dealkylation sites (N-methyl/N-ethyl adjacent to an activating group) is 1. The van der Waals surface area contributed by atoms with Crippen LogP contribution in [0.3, 0.4) is 0 Å². The van der Waals surface area contributed by atoms with Gasteiger partial charge < -0.3 is 15.4 Å². The first-order valence-corrected chi connectivity index (χ1v) is 7.19. The van der Waals surface area contributed by atoms with Crippen LogP contribution in [-0.4, -0.2) is 36.5 Å². The molecule has 0 aromatic heterocycles. The molecule has 0 aliphatic carbocycles. The van der Waals surface area contributed by atoms with Crippen molar-refractivity contribution in [3.8, 4) is 5.75 Å². The maximum atomic E-state index is 12.2. The van der Waals surface area contributed by atoms with E-state index in [4.69, 9.17) is 10.5 Å². The molecule has 21 heavy (non-hydrogen) atoms. The summed E-state index contributed by atoms with van der Waals surface area (Å²) in [5.74, 6) is 0.857. The predicted molar refractivity (Wildman–Crippen MR) is 88.9 cm³/mol. The van der Waals surface area contributed by atoms with Gasteiger partial charge in [0.25, 0.3) is 0 Å².